The summed E-state index contributed by atoms with van der Waals surface area (Å²) in [5, 5.41) is 29.6. The van der Waals surface area contributed by atoms with Gasteiger partial charge in [-0.3, -0.25) is 4.79 Å². The third-order valence-corrected chi connectivity index (χ3v) is 5.53. The second-order valence-electron chi connectivity index (χ2n) is 7.78. The van der Waals surface area contributed by atoms with Crippen LogP contribution in [0.5, 0.6) is 0 Å². The molecule has 0 saturated heterocycles. The molecule has 3 N–H and O–H groups in total. The second-order valence-corrected chi connectivity index (χ2v) is 7.78. The Morgan fingerprint density at radius 2 is 1.89 bits per heavy atom. The van der Waals surface area contributed by atoms with Crippen LogP contribution in [0.15, 0.2) is 23.8 Å². The van der Waals surface area contributed by atoms with E-state index in [0.717, 1.165) is 12.8 Å². The van der Waals surface area contributed by atoms with Crippen LogP contribution >= 0.6 is 0 Å². The molecule has 1 aliphatic carbocycles. The average Bonchev–Trinajstić information content (AvgIpc) is 2.89. The number of carboxylic acids is 1. The first-order chi connectivity index (χ1) is 12.9. The third kappa shape index (κ3) is 8.58. The van der Waals surface area contributed by atoms with Crippen LogP contribution in [0.4, 0.5) is 0 Å². The van der Waals surface area contributed by atoms with Gasteiger partial charge < -0.3 is 20.1 Å². The number of rotatable bonds is 13. The van der Waals surface area contributed by atoms with Gasteiger partial charge in [-0.25, -0.2) is 0 Å². The van der Waals surface area contributed by atoms with E-state index in [1.807, 2.05) is 12.2 Å². The lowest BCUT2D eigenvalue weighted by Gasteiger charge is -2.28. The minimum absolute atomic E-state index is 0.0552. The zero-order valence-corrected chi connectivity index (χ0v) is 17.1. The summed E-state index contributed by atoms with van der Waals surface area (Å²) in [5.41, 5.74) is 1.27. The van der Waals surface area contributed by atoms with Gasteiger partial charge in [0, 0.05) is 19.4 Å². The van der Waals surface area contributed by atoms with Crippen LogP contribution < -0.4 is 0 Å². The molecular formula is C22H38O5. The highest BCUT2D eigenvalue weighted by Crippen LogP contribution is 2.39. The standard InChI is InChI=1S/C22H38O5/c1-4-5-8-11-16(2)14-20(27-3)22-17(18(23)15-19(22)24)12-9-6-7-10-13-21(25)26/h6,9,14,17-20,22-24H,4-5,7-8,10-13,15H2,1-3H3,(H,25,26)/b9-6-,16-14+/t17-,18-,19+,20-,22+/m0/s1. The smallest absolute Gasteiger partial charge is 0.303 e. The van der Waals surface area contributed by atoms with E-state index in [2.05, 4.69) is 19.9 Å². The number of unbranched alkanes of at least 4 members (excludes halogenated alkanes) is 3. The average molecular weight is 383 g/mol. The first-order valence-corrected chi connectivity index (χ1v) is 10.3. The van der Waals surface area contributed by atoms with Gasteiger partial charge in [0.05, 0.1) is 18.3 Å². The van der Waals surface area contributed by atoms with Gasteiger partial charge in [-0.1, -0.05) is 43.6 Å². The predicted octanol–water partition coefficient (Wildman–Crippen LogP) is 4.09. The number of hydrogen-bond donors (Lipinski definition) is 3. The summed E-state index contributed by atoms with van der Waals surface area (Å²) in [6.07, 6.45) is 11.9. The van der Waals surface area contributed by atoms with Crippen molar-refractivity contribution in [3.63, 3.8) is 0 Å². The second kappa shape index (κ2) is 13.1. The number of allylic oxidation sites excluding steroid dienone is 3. The summed E-state index contributed by atoms with van der Waals surface area (Å²) >= 11 is 0. The maximum atomic E-state index is 10.5. The van der Waals surface area contributed by atoms with Gasteiger partial charge in [-0.05, 0) is 51.4 Å². The number of methoxy groups -OCH3 is 1. The molecule has 0 aromatic carbocycles. The van der Waals surface area contributed by atoms with E-state index in [1.165, 1.54) is 18.4 Å². The first-order valence-electron chi connectivity index (χ1n) is 10.3. The summed E-state index contributed by atoms with van der Waals surface area (Å²) in [5.74, 6) is -0.961. The molecule has 27 heavy (non-hydrogen) atoms. The van der Waals surface area contributed by atoms with E-state index in [0.29, 0.717) is 25.7 Å². The molecular weight excluding hydrogens is 344 g/mol. The monoisotopic (exact) mass is 382 g/mol. The number of aliphatic carboxylic acids is 1. The molecule has 0 heterocycles. The van der Waals surface area contributed by atoms with E-state index < -0.39 is 18.2 Å². The Bertz CT molecular complexity index is 485. The van der Waals surface area contributed by atoms with E-state index in [4.69, 9.17) is 9.84 Å². The molecule has 5 nitrogen and oxygen atoms in total. The molecule has 156 valence electrons. The highest BCUT2D eigenvalue weighted by Gasteiger charge is 2.44. The lowest BCUT2D eigenvalue weighted by molar-refractivity contribution is -0.137. The van der Waals surface area contributed by atoms with Crippen LogP contribution in [-0.4, -0.2) is 46.7 Å². The summed E-state index contributed by atoms with van der Waals surface area (Å²) in [4.78, 5) is 10.5. The normalized spacial score (nSPS) is 27.4. The summed E-state index contributed by atoms with van der Waals surface area (Å²) < 4.78 is 5.69. The Labute approximate surface area is 164 Å². The van der Waals surface area contributed by atoms with Crippen molar-refractivity contribution in [2.45, 2.75) is 89.9 Å². The zero-order valence-electron chi connectivity index (χ0n) is 17.1. The van der Waals surface area contributed by atoms with Crippen LogP contribution in [0.25, 0.3) is 0 Å². The summed E-state index contributed by atoms with van der Waals surface area (Å²) in [7, 11) is 1.66. The van der Waals surface area contributed by atoms with E-state index in [1.54, 1.807) is 7.11 Å². The van der Waals surface area contributed by atoms with Crippen LogP contribution in [0.3, 0.4) is 0 Å². The van der Waals surface area contributed by atoms with Crippen molar-refractivity contribution in [1.29, 1.82) is 0 Å². The Morgan fingerprint density at radius 3 is 2.52 bits per heavy atom. The summed E-state index contributed by atoms with van der Waals surface area (Å²) in [6.45, 7) is 4.30. The molecule has 0 spiro atoms. The molecule has 5 atom stereocenters. The lowest BCUT2D eigenvalue weighted by Crippen LogP contribution is -2.33. The quantitative estimate of drug-likeness (QED) is 0.330. The number of aliphatic hydroxyl groups is 2. The largest absolute Gasteiger partial charge is 0.481 e. The van der Waals surface area contributed by atoms with Gasteiger partial charge in [0.2, 0.25) is 0 Å². The Balaban J connectivity index is 2.68. The minimum atomic E-state index is -0.776. The number of aliphatic hydroxyl groups excluding tert-OH is 2. The van der Waals surface area contributed by atoms with E-state index in [-0.39, 0.29) is 24.4 Å². The molecule has 1 fully saturated rings. The first kappa shape index (κ1) is 23.9. The molecule has 0 aromatic heterocycles. The molecule has 1 aliphatic rings. The maximum absolute atomic E-state index is 10.5. The van der Waals surface area contributed by atoms with Crippen molar-refractivity contribution in [3.8, 4) is 0 Å². The Morgan fingerprint density at radius 1 is 1.15 bits per heavy atom. The lowest BCUT2D eigenvalue weighted by atomic mass is 9.85. The molecule has 0 amide bonds. The van der Waals surface area contributed by atoms with Gasteiger partial charge in [0.15, 0.2) is 0 Å². The van der Waals surface area contributed by atoms with Gasteiger partial charge in [0.1, 0.15) is 0 Å². The van der Waals surface area contributed by atoms with Crippen LogP contribution in [0.2, 0.25) is 0 Å². The van der Waals surface area contributed by atoms with Crippen molar-refractivity contribution in [3.05, 3.63) is 23.8 Å². The van der Waals surface area contributed by atoms with E-state index in [9.17, 15) is 15.0 Å². The van der Waals surface area contributed by atoms with Crippen LogP contribution in [-0.2, 0) is 9.53 Å². The minimum Gasteiger partial charge on any atom is -0.481 e. The molecule has 5 heteroatoms. The number of carboxylic acid groups (broad SMARTS) is 1. The van der Waals surface area contributed by atoms with Gasteiger partial charge in [-0.15, -0.1) is 0 Å². The molecule has 0 bridgehead atoms. The molecule has 0 unspecified atom stereocenters. The van der Waals surface area contributed by atoms with E-state index >= 15 is 0 Å². The Kier molecular flexibility index (Phi) is 11.6. The third-order valence-electron chi connectivity index (χ3n) is 5.53. The topological polar surface area (TPSA) is 87.0 Å². The molecule has 0 aliphatic heterocycles. The molecule has 0 radical (unpaired) electrons. The van der Waals surface area contributed by atoms with Crippen molar-refractivity contribution in [2.75, 3.05) is 7.11 Å². The fourth-order valence-electron chi connectivity index (χ4n) is 3.99. The predicted molar refractivity (Wildman–Crippen MR) is 108 cm³/mol. The molecule has 1 rings (SSSR count). The number of hydrogen-bond acceptors (Lipinski definition) is 4. The molecule has 0 aromatic rings. The fraction of sp³-hybridized carbons (Fsp3) is 0.773. The highest BCUT2D eigenvalue weighted by atomic mass is 16.5. The number of carbonyl (C=O) groups is 1. The van der Waals surface area contributed by atoms with Crippen molar-refractivity contribution >= 4 is 5.97 Å². The SMILES string of the molecule is CCCCC/C(C)=C/[C@H](OC)[C@@H]1[C@@H](C/C=C\CCCC(=O)O)[C@@H](O)C[C@H]1O. The van der Waals surface area contributed by atoms with Crippen molar-refractivity contribution < 1.29 is 24.9 Å². The summed E-state index contributed by atoms with van der Waals surface area (Å²) in [6, 6.07) is 0. The van der Waals surface area contributed by atoms with Gasteiger partial charge in [-0.2, -0.15) is 0 Å². The van der Waals surface area contributed by atoms with Crippen molar-refractivity contribution in [1.82, 2.24) is 0 Å². The van der Waals surface area contributed by atoms with Crippen LogP contribution in [0.1, 0.15) is 71.6 Å². The highest BCUT2D eigenvalue weighted by molar-refractivity contribution is 5.66. The number of ether oxygens (including phenoxy) is 1. The fourth-order valence-corrected chi connectivity index (χ4v) is 3.99. The van der Waals surface area contributed by atoms with Crippen molar-refractivity contribution in [2.24, 2.45) is 11.8 Å². The Hall–Kier alpha value is -1.17. The van der Waals surface area contributed by atoms with Crippen LogP contribution in [0, 0.1) is 11.8 Å². The van der Waals surface area contributed by atoms with Gasteiger partial charge in [0.25, 0.3) is 0 Å². The van der Waals surface area contributed by atoms with Gasteiger partial charge >= 0.3 is 5.97 Å². The molecule has 1 saturated carbocycles. The maximum Gasteiger partial charge on any atom is 0.303 e. The zero-order chi connectivity index (χ0) is 20.2.